The van der Waals surface area contributed by atoms with E-state index in [9.17, 15) is 0 Å². The highest BCUT2D eigenvalue weighted by Gasteiger charge is 1.98. The minimum Gasteiger partial charge on any atom is -0.493 e. The average Bonchev–Trinajstić information content (AvgIpc) is 2.39. The molecule has 0 aliphatic carbocycles. The van der Waals surface area contributed by atoms with Crippen LogP contribution in [0.5, 0.6) is 11.5 Å². The molecule has 0 unspecified atom stereocenters. The minimum absolute atomic E-state index is 0.634. The zero-order chi connectivity index (χ0) is 14.4. The van der Waals surface area contributed by atoms with E-state index in [0.717, 1.165) is 23.6 Å². The van der Waals surface area contributed by atoms with Crippen molar-refractivity contribution in [2.45, 2.75) is 20.3 Å². The monoisotopic (exact) mass is 271 g/mol. The second kappa shape index (κ2) is 6.85. The van der Waals surface area contributed by atoms with Gasteiger partial charge in [-0.15, -0.1) is 0 Å². The number of hydrogen-bond acceptors (Lipinski definition) is 3. The van der Waals surface area contributed by atoms with Crippen LogP contribution in [-0.4, -0.2) is 13.2 Å². The van der Waals surface area contributed by atoms with Crippen molar-refractivity contribution in [2.75, 3.05) is 18.9 Å². The first-order valence-electron chi connectivity index (χ1n) is 6.83. The molecular formula is C17H21NO2. The highest BCUT2D eigenvalue weighted by Crippen LogP contribution is 2.16. The fraction of sp³-hybridized carbons (Fsp3) is 0.294. The first-order chi connectivity index (χ1) is 9.63. The molecule has 2 aromatic rings. The van der Waals surface area contributed by atoms with Gasteiger partial charge in [-0.05, 0) is 61.4 Å². The van der Waals surface area contributed by atoms with Gasteiger partial charge >= 0.3 is 0 Å². The molecule has 2 aromatic carbocycles. The fourth-order valence-electron chi connectivity index (χ4n) is 2.02. The van der Waals surface area contributed by atoms with Gasteiger partial charge in [0.1, 0.15) is 11.5 Å². The lowest BCUT2D eigenvalue weighted by atomic mass is 10.1. The van der Waals surface area contributed by atoms with E-state index in [2.05, 4.69) is 19.9 Å². The molecule has 0 heterocycles. The van der Waals surface area contributed by atoms with Gasteiger partial charge in [0.25, 0.3) is 0 Å². The third-order valence-electron chi connectivity index (χ3n) is 2.90. The Morgan fingerprint density at radius 2 is 1.35 bits per heavy atom. The van der Waals surface area contributed by atoms with Crippen molar-refractivity contribution in [2.24, 2.45) is 0 Å². The number of nitrogens with two attached hydrogens (primary N) is 1. The summed E-state index contributed by atoms with van der Waals surface area (Å²) in [6.07, 6.45) is 0.845. The Morgan fingerprint density at radius 3 is 1.95 bits per heavy atom. The van der Waals surface area contributed by atoms with Crippen LogP contribution in [0.4, 0.5) is 5.69 Å². The van der Waals surface area contributed by atoms with E-state index in [-0.39, 0.29) is 0 Å². The Balaban J connectivity index is 1.70. The maximum atomic E-state index is 5.72. The Hall–Kier alpha value is -2.16. The van der Waals surface area contributed by atoms with Crippen molar-refractivity contribution in [3.8, 4) is 11.5 Å². The molecule has 0 radical (unpaired) electrons. The minimum atomic E-state index is 0.634. The van der Waals surface area contributed by atoms with E-state index < -0.39 is 0 Å². The summed E-state index contributed by atoms with van der Waals surface area (Å²) in [7, 11) is 0. The zero-order valence-electron chi connectivity index (χ0n) is 12.1. The molecule has 0 saturated heterocycles. The van der Waals surface area contributed by atoms with Gasteiger partial charge in [-0.25, -0.2) is 0 Å². The van der Waals surface area contributed by atoms with Crippen molar-refractivity contribution < 1.29 is 9.47 Å². The molecule has 3 heteroatoms. The average molecular weight is 271 g/mol. The second-order valence-corrected chi connectivity index (χ2v) is 4.94. The molecule has 2 rings (SSSR count). The van der Waals surface area contributed by atoms with E-state index in [1.165, 1.54) is 11.1 Å². The smallest absolute Gasteiger partial charge is 0.119 e. The van der Waals surface area contributed by atoms with Crippen LogP contribution in [0.2, 0.25) is 0 Å². The van der Waals surface area contributed by atoms with Crippen molar-refractivity contribution in [3.63, 3.8) is 0 Å². The summed E-state index contributed by atoms with van der Waals surface area (Å²) in [5.74, 6) is 1.76. The quantitative estimate of drug-likeness (QED) is 0.643. The van der Waals surface area contributed by atoms with Crippen molar-refractivity contribution >= 4 is 5.69 Å². The Bertz CT molecular complexity index is 529. The Kier molecular flexibility index (Phi) is 4.88. The zero-order valence-corrected chi connectivity index (χ0v) is 12.1. The molecule has 0 amide bonds. The SMILES string of the molecule is Cc1cc(C)cc(OCCCOc2ccc(N)cc2)c1. The van der Waals surface area contributed by atoms with E-state index in [0.29, 0.717) is 13.2 Å². The van der Waals surface area contributed by atoms with Gasteiger partial charge < -0.3 is 15.2 Å². The van der Waals surface area contributed by atoms with Crippen LogP contribution >= 0.6 is 0 Å². The lowest BCUT2D eigenvalue weighted by Gasteiger charge is -2.09. The van der Waals surface area contributed by atoms with Gasteiger partial charge in [0.15, 0.2) is 0 Å². The van der Waals surface area contributed by atoms with E-state index in [1.54, 1.807) is 0 Å². The van der Waals surface area contributed by atoms with Crippen LogP contribution in [-0.2, 0) is 0 Å². The molecule has 0 atom stereocenters. The topological polar surface area (TPSA) is 44.5 Å². The maximum Gasteiger partial charge on any atom is 0.119 e. The van der Waals surface area contributed by atoms with Crippen LogP contribution in [0.25, 0.3) is 0 Å². The number of benzene rings is 2. The van der Waals surface area contributed by atoms with Gasteiger partial charge in [-0.3, -0.25) is 0 Å². The number of rotatable bonds is 6. The third kappa shape index (κ3) is 4.50. The highest BCUT2D eigenvalue weighted by molar-refractivity contribution is 5.41. The fourth-order valence-corrected chi connectivity index (χ4v) is 2.02. The molecular weight excluding hydrogens is 250 g/mol. The number of ether oxygens (including phenoxy) is 2. The van der Waals surface area contributed by atoms with E-state index in [4.69, 9.17) is 15.2 Å². The molecule has 106 valence electrons. The van der Waals surface area contributed by atoms with E-state index in [1.807, 2.05) is 36.4 Å². The molecule has 0 aromatic heterocycles. The molecule has 0 fully saturated rings. The number of aryl methyl sites for hydroxylation is 2. The lowest BCUT2D eigenvalue weighted by molar-refractivity contribution is 0.247. The third-order valence-corrected chi connectivity index (χ3v) is 2.90. The standard InChI is InChI=1S/C17H21NO2/c1-13-10-14(2)12-17(11-13)20-9-3-8-19-16-6-4-15(18)5-7-16/h4-7,10-12H,3,8-9,18H2,1-2H3. The molecule has 0 saturated carbocycles. The molecule has 20 heavy (non-hydrogen) atoms. The molecule has 0 aliphatic heterocycles. The summed E-state index contributed by atoms with van der Waals surface area (Å²) in [6.45, 7) is 5.43. The van der Waals surface area contributed by atoms with E-state index >= 15 is 0 Å². The summed E-state index contributed by atoms with van der Waals surface area (Å²) in [6, 6.07) is 13.7. The van der Waals surface area contributed by atoms with Gasteiger partial charge in [-0.2, -0.15) is 0 Å². The van der Waals surface area contributed by atoms with Crippen molar-refractivity contribution in [1.82, 2.24) is 0 Å². The van der Waals surface area contributed by atoms with Crippen LogP contribution in [0.3, 0.4) is 0 Å². The van der Waals surface area contributed by atoms with Crippen molar-refractivity contribution in [3.05, 3.63) is 53.6 Å². The lowest BCUT2D eigenvalue weighted by Crippen LogP contribution is -2.05. The second-order valence-electron chi connectivity index (χ2n) is 4.94. The van der Waals surface area contributed by atoms with Gasteiger partial charge in [0.05, 0.1) is 13.2 Å². The summed E-state index contributed by atoms with van der Waals surface area (Å²) >= 11 is 0. The molecule has 3 nitrogen and oxygen atoms in total. The van der Waals surface area contributed by atoms with Gasteiger partial charge in [0, 0.05) is 12.1 Å². The largest absolute Gasteiger partial charge is 0.493 e. The molecule has 0 spiro atoms. The normalized spacial score (nSPS) is 10.3. The predicted octanol–water partition coefficient (Wildman–Crippen LogP) is 3.73. The first-order valence-corrected chi connectivity index (χ1v) is 6.83. The summed E-state index contributed by atoms with van der Waals surface area (Å²) in [4.78, 5) is 0. The summed E-state index contributed by atoms with van der Waals surface area (Å²) in [5, 5.41) is 0. The predicted molar refractivity (Wildman–Crippen MR) is 82.4 cm³/mol. The molecule has 2 N–H and O–H groups in total. The summed E-state index contributed by atoms with van der Waals surface area (Å²) in [5.41, 5.74) is 8.80. The number of hydrogen-bond donors (Lipinski definition) is 1. The van der Waals surface area contributed by atoms with Crippen LogP contribution in [0.15, 0.2) is 42.5 Å². The van der Waals surface area contributed by atoms with Crippen molar-refractivity contribution in [1.29, 1.82) is 0 Å². The Labute approximate surface area is 120 Å². The Morgan fingerprint density at radius 1 is 0.800 bits per heavy atom. The van der Waals surface area contributed by atoms with Gasteiger partial charge in [0.2, 0.25) is 0 Å². The van der Waals surface area contributed by atoms with Crippen LogP contribution < -0.4 is 15.2 Å². The molecule has 0 aliphatic rings. The van der Waals surface area contributed by atoms with Crippen LogP contribution in [0.1, 0.15) is 17.5 Å². The highest BCUT2D eigenvalue weighted by atomic mass is 16.5. The van der Waals surface area contributed by atoms with Gasteiger partial charge in [-0.1, -0.05) is 6.07 Å². The number of anilines is 1. The molecule has 0 bridgehead atoms. The summed E-state index contributed by atoms with van der Waals surface area (Å²) < 4.78 is 11.3. The van der Waals surface area contributed by atoms with Crippen LogP contribution in [0, 0.1) is 13.8 Å². The number of nitrogen functional groups attached to an aromatic ring is 1. The first kappa shape index (κ1) is 14.3. The maximum absolute atomic E-state index is 5.72.